The Balaban J connectivity index is 1.83. The van der Waals surface area contributed by atoms with Gasteiger partial charge in [-0.05, 0) is 19.1 Å². The molecule has 2 heterocycles. The molecule has 1 aromatic carbocycles. The maximum Gasteiger partial charge on any atom is 0.248 e. The number of halogens is 2. The van der Waals surface area contributed by atoms with Crippen LogP contribution in [0, 0.1) is 0 Å². The molecular weight excluding hydrogens is 337 g/mol. The number of benzene rings is 1. The van der Waals surface area contributed by atoms with Gasteiger partial charge < -0.3 is 9.64 Å². The van der Waals surface area contributed by atoms with Crippen LogP contribution in [-0.2, 0) is 4.79 Å². The van der Waals surface area contributed by atoms with Crippen LogP contribution in [0.5, 0.6) is 5.75 Å². The monoisotopic (exact) mass is 353 g/mol. The minimum Gasteiger partial charge on any atom is -0.484 e. The summed E-state index contributed by atoms with van der Waals surface area (Å²) < 4.78 is 6.13. The zero-order chi connectivity index (χ0) is 16.8. The van der Waals surface area contributed by atoms with Gasteiger partial charge in [0.15, 0.2) is 5.78 Å². The topological polar surface area (TPSA) is 46.6 Å². The van der Waals surface area contributed by atoms with Crippen molar-refractivity contribution in [1.82, 2.24) is 4.90 Å². The van der Waals surface area contributed by atoms with E-state index in [1.165, 1.54) is 0 Å². The van der Waals surface area contributed by atoms with Gasteiger partial charge in [0.1, 0.15) is 11.4 Å². The van der Waals surface area contributed by atoms with Crippen LogP contribution in [0.4, 0.5) is 0 Å². The zero-order valence-corrected chi connectivity index (χ0v) is 14.3. The first kappa shape index (κ1) is 16.3. The number of carbonyl (C=O) groups is 2. The first-order valence-electron chi connectivity index (χ1n) is 7.47. The Morgan fingerprint density at radius 1 is 1.30 bits per heavy atom. The highest BCUT2D eigenvalue weighted by atomic mass is 35.5. The molecule has 122 valence electrons. The second-order valence-electron chi connectivity index (χ2n) is 6.22. The summed E-state index contributed by atoms with van der Waals surface area (Å²) in [7, 11) is 0. The number of rotatable bonds is 1. The summed E-state index contributed by atoms with van der Waals surface area (Å²) >= 11 is 12.2. The molecule has 0 atom stereocenters. The molecule has 2 aliphatic rings. The Kier molecular flexibility index (Phi) is 4.15. The van der Waals surface area contributed by atoms with E-state index in [1.807, 2.05) is 0 Å². The van der Waals surface area contributed by atoms with Gasteiger partial charge in [0, 0.05) is 36.5 Å². The molecule has 1 fully saturated rings. The molecule has 1 spiro atoms. The van der Waals surface area contributed by atoms with Crippen molar-refractivity contribution >= 4 is 34.9 Å². The molecule has 3 rings (SSSR count). The summed E-state index contributed by atoms with van der Waals surface area (Å²) in [6, 6.07) is 3.17. The number of amides is 1. The van der Waals surface area contributed by atoms with Crippen LogP contribution >= 0.6 is 23.2 Å². The molecule has 2 aliphatic heterocycles. The lowest BCUT2D eigenvalue weighted by molar-refractivity contribution is -0.130. The smallest absolute Gasteiger partial charge is 0.248 e. The summed E-state index contributed by atoms with van der Waals surface area (Å²) in [4.78, 5) is 26.3. The predicted molar refractivity (Wildman–Crippen MR) is 89.4 cm³/mol. The number of carbonyl (C=O) groups excluding carboxylic acids is 2. The molecule has 0 aromatic heterocycles. The number of likely N-dealkylation sites (tertiary alicyclic amines) is 1. The van der Waals surface area contributed by atoms with Gasteiger partial charge in [-0.25, -0.2) is 0 Å². The standard InChI is InChI=1S/C17H17Cl2NO3/c1-10(2)16(22)20-5-3-17(4-6-20)9-14(21)12-7-11(18)8-13(19)15(12)23-17/h7-8H,1,3-6,9H2,2H3. The van der Waals surface area contributed by atoms with Crippen molar-refractivity contribution < 1.29 is 14.3 Å². The molecule has 0 saturated carbocycles. The van der Waals surface area contributed by atoms with Crippen molar-refractivity contribution in [3.63, 3.8) is 0 Å². The summed E-state index contributed by atoms with van der Waals surface area (Å²) in [5.74, 6) is 0.342. The fourth-order valence-corrected chi connectivity index (χ4v) is 3.71. The Morgan fingerprint density at radius 2 is 1.96 bits per heavy atom. The number of nitrogens with zero attached hydrogens (tertiary/aromatic N) is 1. The van der Waals surface area contributed by atoms with E-state index >= 15 is 0 Å². The number of Topliss-reactive ketones (excluding diaryl/α,β-unsaturated/α-hetero) is 1. The van der Waals surface area contributed by atoms with E-state index in [1.54, 1.807) is 24.0 Å². The lowest BCUT2D eigenvalue weighted by atomic mass is 9.82. The first-order valence-corrected chi connectivity index (χ1v) is 8.23. The van der Waals surface area contributed by atoms with Crippen LogP contribution in [0.1, 0.15) is 36.5 Å². The molecule has 1 aromatic rings. The van der Waals surface area contributed by atoms with Crippen LogP contribution < -0.4 is 4.74 Å². The molecular formula is C17H17Cl2NO3. The highest BCUT2D eigenvalue weighted by molar-refractivity contribution is 6.36. The summed E-state index contributed by atoms with van der Waals surface area (Å²) in [6.07, 6.45) is 1.47. The number of hydrogen-bond acceptors (Lipinski definition) is 3. The molecule has 6 heteroatoms. The molecule has 0 bridgehead atoms. The fraction of sp³-hybridized carbons (Fsp3) is 0.412. The van der Waals surface area contributed by atoms with Crippen molar-refractivity contribution in [3.05, 3.63) is 39.9 Å². The van der Waals surface area contributed by atoms with Crippen molar-refractivity contribution in [2.24, 2.45) is 0 Å². The van der Waals surface area contributed by atoms with Crippen LogP contribution in [0.15, 0.2) is 24.3 Å². The molecule has 0 unspecified atom stereocenters. The zero-order valence-electron chi connectivity index (χ0n) is 12.8. The average molecular weight is 354 g/mol. The van der Waals surface area contributed by atoms with Gasteiger partial charge in [-0.2, -0.15) is 0 Å². The number of ketones is 1. The predicted octanol–water partition coefficient (Wildman–Crippen LogP) is 3.90. The quantitative estimate of drug-likeness (QED) is 0.719. The number of hydrogen-bond donors (Lipinski definition) is 0. The van der Waals surface area contributed by atoms with Crippen LogP contribution in [0.3, 0.4) is 0 Å². The van der Waals surface area contributed by atoms with Gasteiger partial charge in [0.2, 0.25) is 5.91 Å². The van der Waals surface area contributed by atoms with Gasteiger partial charge in [-0.3, -0.25) is 9.59 Å². The van der Waals surface area contributed by atoms with Crippen molar-refractivity contribution in [2.45, 2.75) is 31.8 Å². The third-order valence-corrected chi connectivity index (χ3v) is 4.94. The van der Waals surface area contributed by atoms with Crippen molar-refractivity contribution in [2.75, 3.05) is 13.1 Å². The maximum atomic E-state index is 12.5. The third kappa shape index (κ3) is 2.98. The van der Waals surface area contributed by atoms with Crippen LogP contribution in [0.2, 0.25) is 10.0 Å². The number of ether oxygens (including phenoxy) is 1. The molecule has 1 amide bonds. The molecule has 0 radical (unpaired) electrons. The Labute approximate surface area is 145 Å². The number of piperidine rings is 1. The fourth-order valence-electron chi connectivity index (χ4n) is 3.18. The highest BCUT2D eigenvalue weighted by Crippen LogP contribution is 2.44. The average Bonchev–Trinajstić information content (AvgIpc) is 2.49. The molecule has 1 saturated heterocycles. The van der Waals surface area contributed by atoms with Crippen LogP contribution in [0.25, 0.3) is 0 Å². The summed E-state index contributed by atoms with van der Waals surface area (Å²) in [5, 5.41) is 0.767. The second kappa shape index (κ2) is 5.84. The second-order valence-corrected chi connectivity index (χ2v) is 7.07. The third-order valence-electron chi connectivity index (χ3n) is 4.44. The lowest BCUT2D eigenvalue weighted by Gasteiger charge is -2.44. The Hall–Kier alpha value is -1.52. The first-order chi connectivity index (χ1) is 10.8. The lowest BCUT2D eigenvalue weighted by Crippen LogP contribution is -2.52. The van der Waals surface area contributed by atoms with E-state index in [9.17, 15) is 9.59 Å². The van der Waals surface area contributed by atoms with E-state index < -0.39 is 5.60 Å². The minimum absolute atomic E-state index is 0.0182. The molecule has 23 heavy (non-hydrogen) atoms. The largest absolute Gasteiger partial charge is 0.484 e. The minimum atomic E-state index is -0.590. The van der Waals surface area contributed by atoms with E-state index in [0.29, 0.717) is 52.9 Å². The number of fused-ring (bicyclic) bond motifs is 1. The van der Waals surface area contributed by atoms with E-state index in [0.717, 1.165) is 0 Å². The van der Waals surface area contributed by atoms with Gasteiger partial charge >= 0.3 is 0 Å². The molecule has 0 aliphatic carbocycles. The Morgan fingerprint density at radius 3 is 2.57 bits per heavy atom. The molecule has 4 nitrogen and oxygen atoms in total. The Bertz CT molecular complexity index is 706. The van der Waals surface area contributed by atoms with E-state index in [2.05, 4.69) is 6.58 Å². The van der Waals surface area contributed by atoms with E-state index in [4.69, 9.17) is 27.9 Å². The summed E-state index contributed by atoms with van der Waals surface area (Å²) in [6.45, 7) is 6.47. The van der Waals surface area contributed by atoms with Gasteiger partial charge in [-0.15, -0.1) is 0 Å². The van der Waals surface area contributed by atoms with Crippen molar-refractivity contribution in [3.8, 4) is 5.75 Å². The van der Waals surface area contributed by atoms with Gasteiger partial charge in [0.25, 0.3) is 0 Å². The maximum absolute atomic E-state index is 12.5. The van der Waals surface area contributed by atoms with Crippen LogP contribution in [-0.4, -0.2) is 35.3 Å². The molecule has 0 N–H and O–H groups in total. The van der Waals surface area contributed by atoms with E-state index in [-0.39, 0.29) is 18.1 Å². The van der Waals surface area contributed by atoms with Gasteiger partial charge in [0.05, 0.1) is 17.0 Å². The SMILES string of the molecule is C=C(C)C(=O)N1CCC2(CC1)CC(=O)c1cc(Cl)cc(Cl)c1O2. The summed E-state index contributed by atoms with van der Waals surface area (Å²) in [5.41, 5.74) is 0.367. The highest BCUT2D eigenvalue weighted by Gasteiger charge is 2.44. The normalized spacial score (nSPS) is 19.3. The van der Waals surface area contributed by atoms with Gasteiger partial charge in [-0.1, -0.05) is 29.8 Å². The van der Waals surface area contributed by atoms with Crippen molar-refractivity contribution in [1.29, 1.82) is 0 Å².